The van der Waals surface area contributed by atoms with E-state index in [1.807, 2.05) is 0 Å². The molecule has 6 heteroatoms. The fourth-order valence-corrected chi connectivity index (χ4v) is 0.682. The van der Waals surface area contributed by atoms with E-state index in [1.165, 1.54) is 0 Å². The molecule has 1 unspecified atom stereocenters. The number of aliphatic hydroxyl groups is 1. The van der Waals surface area contributed by atoms with Crippen molar-refractivity contribution in [1.82, 2.24) is 0 Å². The first-order chi connectivity index (χ1) is 6.49. The Morgan fingerprint density at radius 3 is 2.36 bits per heavy atom. The van der Waals surface area contributed by atoms with Crippen molar-refractivity contribution < 1.29 is 23.4 Å². The van der Waals surface area contributed by atoms with Crippen molar-refractivity contribution in [2.45, 2.75) is 6.10 Å². The molecule has 1 rings (SSSR count). The van der Waals surface area contributed by atoms with Gasteiger partial charge in [-0.3, -0.25) is 4.52 Å². The number of quaternary nitrogens is 1. The normalized spacial score (nSPS) is 20.1. The minimum Gasteiger partial charge on any atom is -0.394 e. The average Bonchev–Trinajstić information content (AvgIpc) is 2.86. The predicted octanol–water partition coefficient (Wildman–Crippen LogP) is 0.293. The second-order valence-corrected chi connectivity index (χ2v) is 4.47. The highest BCUT2D eigenvalue weighted by atomic mass is 31.1. The van der Waals surface area contributed by atoms with Gasteiger partial charge in [0.1, 0.15) is 19.3 Å². The molecule has 1 saturated heterocycles. The Hall–Kier alpha value is -0.0600. The van der Waals surface area contributed by atoms with Crippen molar-refractivity contribution in [2.75, 3.05) is 47.5 Å². The van der Waals surface area contributed by atoms with Crippen LogP contribution >= 0.6 is 8.69 Å². The standard InChI is InChI=1S/C5H13NO2P.C3H6O2/c1-6(2,3)4-5-8-9-7;4-1-3-2-5-3/h4-5H2,1-3H3;3-4H,1-2H2/q+1;. The zero-order chi connectivity index (χ0) is 11.0. The summed E-state index contributed by atoms with van der Waals surface area (Å²) in [6.45, 7) is 2.39. The van der Waals surface area contributed by atoms with Crippen LogP contribution in [0.2, 0.25) is 0 Å². The van der Waals surface area contributed by atoms with Crippen LogP contribution in [0.5, 0.6) is 0 Å². The molecule has 1 heterocycles. The maximum absolute atomic E-state index is 9.76. The van der Waals surface area contributed by atoms with Crippen LogP contribution in [-0.4, -0.2) is 63.2 Å². The van der Waals surface area contributed by atoms with Crippen molar-refractivity contribution in [2.24, 2.45) is 0 Å². The first kappa shape index (κ1) is 13.9. The van der Waals surface area contributed by atoms with E-state index in [4.69, 9.17) is 5.11 Å². The Balaban J connectivity index is 0.000000280. The molecule has 0 radical (unpaired) electrons. The van der Waals surface area contributed by atoms with Gasteiger partial charge < -0.3 is 14.3 Å². The Bertz CT molecular complexity index is 156. The number of likely N-dealkylation sites (N-methyl/N-ethyl adjacent to an activating group) is 1. The van der Waals surface area contributed by atoms with Crippen molar-refractivity contribution in [1.29, 1.82) is 0 Å². The van der Waals surface area contributed by atoms with Crippen molar-refractivity contribution >= 4 is 8.69 Å². The molecular formula is C8H19NO4P+. The lowest BCUT2D eigenvalue weighted by Gasteiger charge is -2.22. The van der Waals surface area contributed by atoms with Crippen molar-refractivity contribution in [3.8, 4) is 0 Å². The van der Waals surface area contributed by atoms with Gasteiger partial charge in [-0.15, -0.1) is 0 Å². The van der Waals surface area contributed by atoms with E-state index in [-0.39, 0.29) is 21.4 Å². The van der Waals surface area contributed by atoms with Crippen LogP contribution in [0, 0.1) is 0 Å². The number of nitrogens with zero attached hydrogens (tertiary/aromatic N) is 1. The summed E-state index contributed by atoms with van der Waals surface area (Å²) < 4.78 is 19.8. The minimum absolute atomic E-state index is 0.190. The highest BCUT2D eigenvalue weighted by Crippen LogP contribution is 2.04. The highest BCUT2D eigenvalue weighted by Gasteiger charge is 2.19. The maximum atomic E-state index is 9.76. The fourth-order valence-electron chi connectivity index (χ4n) is 0.525. The van der Waals surface area contributed by atoms with Gasteiger partial charge in [0.15, 0.2) is 0 Å². The Labute approximate surface area is 86.5 Å². The second kappa shape index (κ2) is 7.26. The number of rotatable bonds is 5. The van der Waals surface area contributed by atoms with Gasteiger partial charge in [-0.1, -0.05) is 0 Å². The SMILES string of the molecule is C[N+](C)(C)CCOP=O.OCC1CO1. The predicted molar refractivity (Wildman–Crippen MR) is 53.3 cm³/mol. The van der Waals surface area contributed by atoms with E-state index in [2.05, 4.69) is 30.4 Å². The molecule has 0 bridgehead atoms. The van der Waals surface area contributed by atoms with Gasteiger partial charge in [-0.05, 0) is 0 Å². The first-order valence-corrected chi connectivity index (χ1v) is 5.20. The number of ether oxygens (including phenoxy) is 1. The topological polar surface area (TPSA) is 59.1 Å². The Morgan fingerprint density at radius 1 is 1.57 bits per heavy atom. The largest absolute Gasteiger partial charge is 0.394 e. The molecule has 1 atom stereocenters. The van der Waals surface area contributed by atoms with Gasteiger partial charge in [0.05, 0.1) is 34.4 Å². The van der Waals surface area contributed by atoms with Crippen LogP contribution in [0.4, 0.5) is 0 Å². The van der Waals surface area contributed by atoms with Gasteiger partial charge in [0, 0.05) is 0 Å². The summed E-state index contributed by atoms with van der Waals surface area (Å²) in [5.41, 5.74) is 0. The van der Waals surface area contributed by atoms with Crippen molar-refractivity contribution in [3.05, 3.63) is 0 Å². The Kier molecular flexibility index (Phi) is 7.23. The van der Waals surface area contributed by atoms with Crippen LogP contribution in [0.1, 0.15) is 0 Å². The molecule has 14 heavy (non-hydrogen) atoms. The summed E-state index contributed by atoms with van der Waals surface area (Å²) in [6.07, 6.45) is 0.190. The van der Waals surface area contributed by atoms with Gasteiger partial charge in [0.25, 0.3) is 0 Å². The van der Waals surface area contributed by atoms with E-state index in [9.17, 15) is 4.57 Å². The third-order valence-electron chi connectivity index (χ3n) is 1.51. The summed E-state index contributed by atoms with van der Waals surface area (Å²) in [4.78, 5) is 0. The zero-order valence-electron chi connectivity index (χ0n) is 8.97. The smallest absolute Gasteiger partial charge is 0.327 e. The van der Waals surface area contributed by atoms with Crippen LogP contribution in [-0.2, 0) is 13.8 Å². The molecule has 1 aliphatic heterocycles. The molecule has 0 spiro atoms. The van der Waals surface area contributed by atoms with E-state index in [0.717, 1.165) is 17.6 Å². The summed E-state index contributed by atoms with van der Waals surface area (Å²) in [7, 11) is 5.96. The van der Waals surface area contributed by atoms with Gasteiger partial charge >= 0.3 is 8.69 Å². The Morgan fingerprint density at radius 2 is 2.14 bits per heavy atom. The maximum Gasteiger partial charge on any atom is 0.327 e. The van der Waals surface area contributed by atoms with Gasteiger partial charge in [-0.2, -0.15) is 0 Å². The fraction of sp³-hybridized carbons (Fsp3) is 1.00. The van der Waals surface area contributed by atoms with Gasteiger partial charge in [0.2, 0.25) is 0 Å². The number of hydrogen-bond donors (Lipinski definition) is 1. The number of aliphatic hydroxyl groups excluding tert-OH is 1. The molecule has 0 aromatic heterocycles. The summed E-state index contributed by atoms with van der Waals surface area (Å²) in [5.74, 6) is 0. The second-order valence-electron chi connectivity index (χ2n) is 4.06. The van der Waals surface area contributed by atoms with E-state index >= 15 is 0 Å². The lowest BCUT2D eigenvalue weighted by atomic mass is 10.5. The summed E-state index contributed by atoms with van der Waals surface area (Å²) in [6, 6.07) is 0. The molecule has 0 aromatic carbocycles. The van der Waals surface area contributed by atoms with Crippen LogP contribution in [0.25, 0.3) is 0 Å². The molecule has 0 amide bonds. The molecule has 0 saturated carbocycles. The quantitative estimate of drug-likeness (QED) is 0.316. The lowest BCUT2D eigenvalue weighted by Crippen LogP contribution is -2.37. The minimum atomic E-state index is -0.217. The average molecular weight is 224 g/mol. The van der Waals surface area contributed by atoms with Crippen LogP contribution < -0.4 is 0 Å². The zero-order valence-corrected chi connectivity index (χ0v) is 9.87. The van der Waals surface area contributed by atoms with Crippen LogP contribution in [0.15, 0.2) is 0 Å². The van der Waals surface area contributed by atoms with E-state index in [0.29, 0.717) is 6.61 Å². The molecule has 1 N–H and O–H groups in total. The third-order valence-corrected chi connectivity index (χ3v) is 1.80. The highest BCUT2D eigenvalue weighted by molar-refractivity contribution is 7.17. The lowest BCUT2D eigenvalue weighted by molar-refractivity contribution is -0.870. The number of hydrogen-bond acceptors (Lipinski definition) is 4. The molecule has 0 aliphatic carbocycles. The molecular weight excluding hydrogens is 205 g/mol. The molecule has 1 fully saturated rings. The van der Waals surface area contributed by atoms with Gasteiger partial charge in [-0.25, -0.2) is 4.57 Å². The summed E-state index contributed by atoms with van der Waals surface area (Å²) in [5, 5.41) is 8.08. The van der Waals surface area contributed by atoms with Crippen LogP contribution in [0.3, 0.4) is 0 Å². The monoisotopic (exact) mass is 224 g/mol. The summed E-state index contributed by atoms with van der Waals surface area (Å²) >= 11 is 0. The molecule has 1 aliphatic rings. The molecule has 84 valence electrons. The van der Waals surface area contributed by atoms with E-state index in [1.54, 1.807) is 0 Å². The molecule has 0 aromatic rings. The van der Waals surface area contributed by atoms with Crippen molar-refractivity contribution in [3.63, 3.8) is 0 Å². The third kappa shape index (κ3) is 11.9. The first-order valence-electron chi connectivity index (χ1n) is 4.47. The molecule has 5 nitrogen and oxygen atoms in total. The van der Waals surface area contributed by atoms with E-state index < -0.39 is 0 Å². The number of epoxide rings is 1.